The molecule has 78 valence electrons. The van der Waals surface area contributed by atoms with Crippen LogP contribution in [0.25, 0.3) is 11.0 Å². The van der Waals surface area contributed by atoms with E-state index in [0.717, 1.165) is 0 Å². The minimum absolute atomic E-state index is 0.0982. The molecule has 0 saturated heterocycles. The molecule has 0 bridgehead atoms. The van der Waals surface area contributed by atoms with E-state index in [2.05, 4.69) is 22.0 Å². The fraction of sp³-hybridized carbons (Fsp3) is 0.111. The molecule has 0 amide bonds. The number of hydrogen-bond acceptors (Lipinski definition) is 4. The second-order valence-electron chi connectivity index (χ2n) is 3.02. The molecule has 0 fully saturated rings. The molecular weight excluding hydrogens is 214 g/mol. The van der Waals surface area contributed by atoms with Gasteiger partial charge in [-0.15, -0.1) is 6.58 Å². The van der Waals surface area contributed by atoms with Gasteiger partial charge in [0, 0.05) is 0 Å². The molecule has 0 aliphatic rings. The third kappa shape index (κ3) is 1.63. The summed E-state index contributed by atoms with van der Waals surface area (Å²) in [4.78, 5) is 0.189. The molecule has 1 aromatic carbocycles. The van der Waals surface area contributed by atoms with Crippen LogP contribution in [0.5, 0.6) is 0 Å². The molecule has 6 heteroatoms. The Kier molecular flexibility index (Phi) is 2.28. The summed E-state index contributed by atoms with van der Waals surface area (Å²) in [5, 5.41) is 10.0. The second kappa shape index (κ2) is 3.47. The number of aromatic amines is 1. The van der Waals surface area contributed by atoms with Gasteiger partial charge in [-0.1, -0.05) is 12.1 Å². The molecule has 1 aromatic heterocycles. The first-order chi connectivity index (χ1) is 7.15. The van der Waals surface area contributed by atoms with Gasteiger partial charge in [0.25, 0.3) is 0 Å². The fourth-order valence-corrected chi connectivity index (χ4v) is 2.56. The van der Waals surface area contributed by atoms with Gasteiger partial charge in [-0.2, -0.15) is 15.4 Å². The van der Waals surface area contributed by atoms with E-state index in [1.807, 2.05) is 0 Å². The first kappa shape index (κ1) is 9.85. The average molecular weight is 223 g/mol. The molecule has 0 radical (unpaired) electrons. The van der Waals surface area contributed by atoms with E-state index in [-0.39, 0.29) is 10.6 Å². The van der Waals surface area contributed by atoms with Gasteiger partial charge in [-0.05, 0) is 12.1 Å². The van der Waals surface area contributed by atoms with Crippen molar-refractivity contribution in [3.8, 4) is 0 Å². The molecule has 0 atom stereocenters. The molecule has 1 N–H and O–H groups in total. The van der Waals surface area contributed by atoms with E-state index in [0.29, 0.717) is 11.0 Å². The van der Waals surface area contributed by atoms with Crippen molar-refractivity contribution in [3.63, 3.8) is 0 Å². The second-order valence-corrected chi connectivity index (χ2v) is 5.02. The molecule has 2 rings (SSSR count). The number of H-pyrrole nitrogens is 1. The zero-order chi connectivity index (χ0) is 10.9. The number of fused-ring (bicyclic) bond motifs is 1. The Morgan fingerprint density at radius 2 is 2.20 bits per heavy atom. The molecule has 1 heterocycles. The lowest BCUT2D eigenvalue weighted by atomic mass is 10.3. The molecule has 0 aliphatic carbocycles. The minimum Gasteiger partial charge on any atom is -0.223 e. The van der Waals surface area contributed by atoms with Crippen LogP contribution >= 0.6 is 0 Å². The number of para-hydroxylation sites is 1. The molecule has 0 spiro atoms. The number of rotatable bonds is 3. The Hall–Kier alpha value is -1.69. The molecule has 15 heavy (non-hydrogen) atoms. The van der Waals surface area contributed by atoms with Gasteiger partial charge in [-0.25, -0.2) is 8.42 Å². The molecule has 0 saturated carbocycles. The summed E-state index contributed by atoms with van der Waals surface area (Å²) in [6, 6.07) is 4.86. The summed E-state index contributed by atoms with van der Waals surface area (Å²) >= 11 is 0. The summed E-state index contributed by atoms with van der Waals surface area (Å²) in [6.45, 7) is 3.42. The normalized spacial score (nSPS) is 11.7. The van der Waals surface area contributed by atoms with Crippen LogP contribution in [-0.2, 0) is 9.84 Å². The van der Waals surface area contributed by atoms with Crippen LogP contribution in [0.1, 0.15) is 0 Å². The van der Waals surface area contributed by atoms with Crippen LogP contribution in [0.15, 0.2) is 35.7 Å². The Morgan fingerprint density at radius 1 is 1.40 bits per heavy atom. The molecule has 2 aromatic rings. The number of nitrogens with one attached hydrogen (secondary N) is 1. The third-order valence-electron chi connectivity index (χ3n) is 1.98. The highest BCUT2D eigenvalue weighted by atomic mass is 32.2. The summed E-state index contributed by atoms with van der Waals surface area (Å²) in [7, 11) is -3.35. The number of aromatic nitrogens is 3. The van der Waals surface area contributed by atoms with E-state index >= 15 is 0 Å². The number of benzene rings is 1. The summed E-state index contributed by atoms with van der Waals surface area (Å²) in [5.41, 5.74) is 0.916. The van der Waals surface area contributed by atoms with Gasteiger partial charge in [0.2, 0.25) is 0 Å². The molecular formula is C9H9N3O2S. The number of sulfone groups is 1. The van der Waals surface area contributed by atoms with Crippen LogP contribution in [0, 0.1) is 0 Å². The largest absolute Gasteiger partial charge is 0.223 e. The lowest BCUT2D eigenvalue weighted by molar-refractivity contribution is 0.599. The van der Waals surface area contributed by atoms with Crippen molar-refractivity contribution in [3.05, 3.63) is 30.9 Å². The first-order valence-electron chi connectivity index (χ1n) is 4.28. The highest BCUT2D eigenvalue weighted by molar-refractivity contribution is 7.91. The van der Waals surface area contributed by atoms with Gasteiger partial charge in [0.15, 0.2) is 9.84 Å². The van der Waals surface area contributed by atoms with Crippen LogP contribution in [0.2, 0.25) is 0 Å². The van der Waals surface area contributed by atoms with E-state index in [4.69, 9.17) is 0 Å². The highest BCUT2D eigenvalue weighted by Crippen LogP contribution is 2.19. The standard InChI is InChI=1S/C9H9N3O2S/c1-2-6-15(13,14)8-5-3-4-7-9(8)11-12-10-7/h2-5H,1,6H2,(H,10,11,12). The van der Waals surface area contributed by atoms with Crippen molar-refractivity contribution < 1.29 is 8.42 Å². The minimum atomic E-state index is -3.35. The fourth-order valence-electron chi connectivity index (χ4n) is 1.34. The lowest BCUT2D eigenvalue weighted by Crippen LogP contribution is -2.05. The number of hydrogen-bond donors (Lipinski definition) is 1. The van der Waals surface area contributed by atoms with Crippen molar-refractivity contribution >= 4 is 20.9 Å². The Labute approximate surface area is 86.7 Å². The van der Waals surface area contributed by atoms with E-state index in [1.54, 1.807) is 12.1 Å². The predicted octanol–water partition coefficient (Wildman–Crippen LogP) is 0.918. The van der Waals surface area contributed by atoms with Crippen molar-refractivity contribution in [1.82, 2.24) is 15.4 Å². The summed E-state index contributed by atoms with van der Waals surface area (Å²) in [6.07, 6.45) is 1.36. The van der Waals surface area contributed by atoms with Gasteiger partial charge in [0.05, 0.1) is 10.6 Å². The van der Waals surface area contributed by atoms with Crippen molar-refractivity contribution in [1.29, 1.82) is 0 Å². The zero-order valence-corrected chi connectivity index (χ0v) is 8.66. The highest BCUT2D eigenvalue weighted by Gasteiger charge is 2.17. The molecule has 0 aliphatic heterocycles. The van der Waals surface area contributed by atoms with Crippen molar-refractivity contribution in [2.75, 3.05) is 5.75 Å². The zero-order valence-electron chi connectivity index (χ0n) is 7.84. The average Bonchev–Trinajstić information content (AvgIpc) is 2.64. The van der Waals surface area contributed by atoms with Crippen molar-refractivity contribution in [2.24, 2.45) is 0 Å². The lowest BCUT2D eigenvalue weighted by Gasteiger charge is -2.00. The third-order valence-corrected chi connectivity index (χ3v) is 3.66. The van der Waals surface area contributed by atoms with Crippen LogP contribution < -0.4 is 0 Å². The molecule has 5 nitrogen and oxygen atoms in total. The quantitative estimate of drug-likeness (QED) is 0.785. The maximum Gasteiger partial charge on any atom is 0.184 e. The van der Waals surface area contributed by atoms with E-state index in [9.17, 15) is 8.42 Å². The SMILES string of the molecule is C=CCS(=O)(=O)c1cccc2n[nH]nc12. The number of nitrogens with zero attached hydrogens (tertiary/aromatic N) is 2. The Balaban J connectivity index is 2.71. The van der Waals surface area contributed by atoms with Gasteiger partial charge in [0.1, 0.15) is 11.0 Å². The van der Waals surface area contributed by atoms with Crippen LogP contribution in [-0.4, -0.2) is 29.6 Å². The smallest absolute Gasteiger partial charge is 0.184 e. The molecule has 0 unspecified atom stereocenters. The topological polar surface area (TPSA) is 75.7 Å². The van der Waals surface area contributed by atoms with Crippen LogP contribution in [0.3, 0.4) is 0 Å². The van der Waals surface area contributed by atoms with Crippen LogP contribution in [0.4, 0.5) is 0 Å². The Morgan fingerprint density at radius 3 is 2.93 bits per heavy atom. The summed E-state index contributed by atoms with van der Waals surface area (Å²) < 4.78 is 23.6. The maximum absolute atomic E-state index is 11.8. The van der Waals surface area contributed by atoms with Crippen molar-refractivity contribution in [2.45, 2.75) is 4.90 Å². The Bertz CT molecular complexity index is 601. The van der Waals surface area contributed by atoms with Gasteiger partial charge in [-0.3, -0.25) is 0 Å². The van der Waals surface area contributed by atoms with E-state index < -0.39 is 9.84 Å². The van der Waals surface area contributed by atoms with Gasteiger partial charge >= 0.3 is 0 Å². The monoisotopic (exact) mass is 223 g/mol. The summed E-state index contributed by atoms with van der Waals surface area (Å²) in [5.74, 6) is -0.0982. The predicted molar refractivity (Wildman–Crippen MR) is 56.1 cm³/mol. The van der Waals surface area contributed by atoms with E-state index in [1.165, 1.54) is 12.1 Å². The van der Waals surface area contributed by atoms with Gasteiger partial charge < -0.3 is 0 Å². The first-order valence-corrected chi connectivity index (χ1v) is 5.93. The maximum atomic E-state index is 11.8.